The quantitative estimate of drug-likeness (QED) is 0.677. The van der Waals surface area contributed by atoms with Gasteiger partial charge in [-0.3, -0.25) is 4.79 Å². The first-order chi connectivity index (χ1) is 8.51. The highest BCUT2D eigenvalue weighted by Gasteiger charge is 2.13. The molecule has 1 aromatic rings. The highest BCUT2D eigenvalue weighted by atomic mass is 16.3. The Bertz CT molecular complexity index is 421. The van der Waals surface area contributed by atoms with Gasteiger partial charge in [-0.05, 0) is 32.0 Å². The molecule has 1 aromatic carbocycles. The molecule has 0 aromatic heterocycles. The summed E-state index contributed by atoms with van der Waals surface area (Å²) in [4.78, 5) is 13.5. The van der Waals surface area contributed by atoms with Gasteiger partial charge in [0, 0.05) is 25.2 Å². The molecule has 5 nitrogen and oxygen atoms in total. The summed E-state index contributed by atoms with van der Waals surface area (Å²) >= 11 is 0. The zero-order valence-corrected chi connectivity index (χ0v) is 11.1. The van der Waals surface area contributed by atoms with Crippen LogP contribution in [-0.2, 0) is 0 Å². The topological polar surface area (TPSA) is 78.6 Å². The number of anilines is 2. The van der Waals surface area contributed by atoms with Crippen LogP contribution >= 0.6 is 0 Å². The molecule has 5 heteroatoms. The number of nitrogens with zero attached hydrogens (tertiary/aromatic N) is 1. The Kier molecular flexibility index (Phi) is 4.97. The average Bonchev–Trinajstić information content (AvgIpc) is 2.37. The third kappa shape index (κ3) is 3.13. The van der Waals surface area contributed by atoms with E-state index in [2.05, 4.69) is 5.32 Å². The smallest absolute Gasteiger partial charge is 0.251 e. The first-order valence-electron chi connectivity index (χ1n) is 6.02. The average molecular weight is 251 g/mol. The van der Waals surface area contributed by atoms with Crippen LogP contribution in [-0.4, -0.2) is 37.3 Å². The number of aliphatic hydroxyl groups excluding tert-OH is 1. The van der Waals surface area contributed by atoms with Crippen LogP contribution in [0.15, 0.2) is 18.2 Å². The van der Waals surface area contributed by atoms with E-state index in [1.54, 1.807) is 18.2 Å². The summed E-state index contributed by atoms with van der Waals surface area (Å²) in [6, 6.07) is 5.16. The number of likely N-dealkylation sites (N-methyl/N-ethyl adjacent to an activating group) is 1. The monoisotopic (exact) mass is 251 g/mol. The maximum absolute atomic E-state index is 11.6. The van der Waals surface area contributed by atoms with Crippen LogP contribution in [0.25, 0.3) is 0 Å². The standard InChI is InChI=1S/C13H21N3O2/c1-4-15-13(18)10-5-6-12(11(14)7-10)16(3)9(2)8-17/h5-7,9,17H,4,8,14H2,1-3H3,(H,15,18). The summed E-state index contributed by atoms with van der Waals surface area (Å²) in [6.07, 6.45) is 0. The van der Waals surface area contributed by atoms with Gasteiger partial charge in [0.2, 0.25) is 0 Å². The van der Waals surface area contributed by atoms with Crippen molar-refractivity contribution in [2.24, 2.45) is 0 Å². The molecule has 0 radical (unpaired) electrons. The van der Waals surface area contributed by atoms with Crippen molar-refractivity contribution in [3.8, 4) is 0 Å². The zero-order valence-electron chi connectivity index (χ0n) is 11.1. The van der Waals surface area contributed by atoms with E-state index in [-0.39, 0.29) is 18.6 Å². The highest BCUT2D eigenvalue weighted by molar-refractivity contribution is 5.96. The molecule has 100 valence electrons. The maximum atomic E-state index is 11.6. The van der Waals surface area contributed by atoms with Gasteiger partial charge >= 0.3 is 0 Å². The molecule has 0 spiro atoms. The van der Waals surface area contributed by atoms with E-state index >= 15 is 0 Å². The zero-order chi connectivity index (χ0) is 13.7. The van der Waals surface area contributed by atoms with Crippen molar-refractivity contribution in [2.75, 3.05) is 30.8 Å². The van der Waals surface area contributed by atoms with Gasteiger partial charge in [0.15, 0.2) is 0 Å². The van der Waals surface area contributed by atoms with Gasteiger partial charge < -0.3 is 21.1 Å². The number of nitrogens with two attached hydrogens (primary N) is 1. The second kappa shape index (κ2) is 6.26. The van der Waals surface area contributed by atoms with E-state index in [4.69, 9.17) is 10.8 Å². The lowest BCUT2D eigenvalue weighted by molar-refractivity contribution is 0.0956. The molecule has 0 bridgehead atoms. The van der Waals surface area contributed by atoms with Crippen molar-refractivity contribution >= 4 is 17.3 Å². The normalized spacial score (nSPS) is 12.0. The Morgan fingerprint density at radius 1 is 1.56 bits per heavy atom. The second-order valence-electron chi connectivity index (χ2n) is 4.28. The number of benzene rings is 1. The summed E-state index contributed by atoms with van der Waals surface area (Å²) in [5.74, 6) is -0.131. The van der Waals surface area contributed by atoms with Crippen LogP contribution in [0.3, 0.4) is 0 Å². The van der Waals surface area contributed by atoms with Crippen molar-refractivity contribution in [1.29, 1.82) is 0 Å². The number of carbonyl (C=O) groups is 1. The minimum absolute atomic E-state index is 0.0254. The molecule has 0 aliphatic rings. The lowest BCUT2D eigenvalue weighted by Gasteiger charge is -2.26. The van der Waals surface area contributed by atoms with Crippen molar-refractivity contribution < 1.29 is 9.90 Å². The summed E-state index contributed by atoms with van der Waals surface area (Å²) in [6.45, 7) is 4.40. The van der Waals surface area contributed by atoms with Crippen LogP contribution in [0.4, 0.5) is 11.4 Å². The molecule has 1 atom stereocenters. The predicted octanol–water partition coefficient (Wildman–Crippen LogP) is 0.836. The SMILES string of the molecule is CCNC(=O)c1ccc(N(C)C(C)CO)c(N)c1. The number of carbonyl (C=O) groups excluding carboxylic acids is 1. The summed E-state index contributed by atoms with van der Waals surface area (Å²) < 4.78 is 0. The van der Waals surface area contributed by atoms with Crippen molar-refractivity contribution in [1.82, 2.24) is 5.32 Å². The molecular weight excluding hydrogens is 230 g/mol. The van der Waals surface area contributed by atoms with Crippen molar-refractivity contribution in [3.05, 3.63) is 23.8 Å². The minimum atomic E-state index is -0.131. The predicted molar refractivity (Wildman–Crippen MR) is 73.8 cm³/mol. The molecule has 1 rings (SSSR count). The van der Waals surface area contributed by atoms with Gasteiger partial charge in [-0.25, -0.2) is 0 Å². The Morgan fingerprint density at radius 3 is 2.72 bits per heavy atom. The van der Waals surface area contributed by atoms with Gasteiger partial charge in [0.25, 0.3) is 5.91 Å². The fourth-order valence-corrected chi connectivity index (χ4v) is 1.64. The molecule has 1 amide bonds. The van der Waals surface area contributed by atoms with E-state index in [0.717, 1.165) is 5.69 Å². The van der Waals surface area contributed by atoms with Crippen LogP contribution in [0, 0.1) is 0 Å². The van der Waals surface area contributed by atoms with E-state index in [9.17, 15) is 4.79 Å². The van der Waals surface area contributed by atoms with Crippen LogP contribution in [0.2, 0.25) is 0 Å². The molecular formula is C13H21N3O2. The summed E-state index contributed by atoms with van der Waals surface area (Å²) in [5, 5.41) is 11.8. The Labute approximate surface area is 108 Å². The summed E-state index contributed by atoms with van der Waals surface area (Å²) in [7, 11) is 1.86. The van der Waals surface area contributed by atoms with Gasteiger partial charge in [0.05, 0.1) is 18.0 Å². The van der Waals surface area contributed by atoms with Crippen LogP contribution < -0.4 is 16.0 Å². The van der Waals surface area contributed by atoms with Gasteiger partial charge in [0.1, 0.15) is 0 Å². The molecule has 0 fully saturated rings. The van der Waals surface area contributed by atoms with Crippen LogP contribution in [0.1, 0.15) is 24.2 Å². The second-order valence-corrected chi connectivity index (χ2v) is 4.28. The van der Waals surface area contributed by atoms with Crippen molar-refractivity contribution in [3.63, 3.8) is 0 Å². The lowest BCUT2D eigenvalue weighted by atomic mass is 10.1. The number of amides is 1. The molecule has 0 aliphatic heterocycles. The van der Waals surface area contributed by atoms with Gasteiger partial charge in [-0.1, -0.05) is 0 Å². The Morgan fingerprint density at radius 2 is 2.22 bits per heavy atom. The molecule has 4 N–H and O–H groups in total. The van der Waals surface area contributed by atoms with Gasteiger partial charge in [-0.15, -0.1) is 0 Å². The third-order valence-electron chi connectivity index (χ3n) is 2.93. The van der Waals surface area contributed by atoms with E-state index in [1.807, 2.05) is 25.8 Å². The largest absolute Gasteiger partial charge is 0.397 e. The summed E-state index contributed by atoms with van der Waals surface area (Å²) in [5.41, 5.74) is 7.83. The number of nitrogen functional groups attached to an aromatic ring is 1. The van der Waals surface area contributed by atoms with Crippen molar-refractivity contribution in [2.45, 2.75) is 19.9 Å². The van der Waals surface area contributed by atoms with E-state index in [0.29, 0.717) is 17.8 Å². The van der Waals surface area contributed by atoms with E-state index < -0.39 is 0 Å². The number of hydrogen-bond donors (Lipinski definition) is 3. The fourth-order valence-electron chi connectivity index (χ4n) is 1.64. The first-order valence-corrected chi connectivity index (χ1v) is 6.02. The number of rotatable bonds is 5. The molecule has 18 heavy (non-hydrogen) atoms. The Hall–Kier alpha value is -1.75. The lowest BCUT2D eigenvalue weighted by Crippen LogP contribution is -2.32. The molecule has 1 unspecified atom stereocenters. The number of hydrogen-bond acceptors (Lipinski definition) is 4. The maximum Gasteiger partial charge on any atom is 0.251 e. The minimum Gasteiger partial charge on any atom is -0.397 e. The number of aliphatic hydroxyl groups is 1. The Balaban J connectivity index is 2.95. The molecule has 0 saturated carbocycles. The number of nitrogens with one attached hydrogen (secondary N) is 1. The highest BCUT2D eigenvalue weighted by Crippen LogP contribution is 2.24. The van der Waals surface area contributed by atoms with E-state index in [1.165, 1.54) is 0 Å². The molecule has 0 heterocycles. The fraction of sp³-hybridized carbons (Fsp3) is 0.462. The third-order valence-corrected chi connectivity index (χ3v) is 2.93. The van der Waals surface area contributed by atoms with Crippen LogP contribution in [0.5, 0.6) is 0 Å². The van der Waals surface area contributed by atoms with Gasteiger partial charge in [-0.2, -0.15) is 0 Å². The molecule has 0 saturated heterocycles. The first kappa shape index (κ1) is 14.3. The molecule has 0 aliphatic carbocycles.